The number of ether oxygens (including phenoxy) is 1. The molecule has 0 radical (unpaired) electrons. The van der Waals surface area contributed by atoms with E-state index in [1.54, 1.807) is 24.4 Å². The Morgan fingerprint density at radius 2 is 1.31 bits per heavy atom. The predicted octanol–water partition coefficient (Wildman–Crippen LogP) is 6.82. The van der Waals surface area contributed by atoms with E-state index in [9.17, 15) is 0 Å². The molecule has 1 aliphatic heterocycles. The minimum atomic E-state index is 0.0229. The van der Waals surface area contributed by atoms with Crippen molar-refractivity contribution in [2.75, 3.05) is 0 Å². The summed E-state index contributed by atoms with van der Waals surface area (Å²) >= 11 is 11.7. The molecule has 0 fully saturated rings. The molecule has 2 atom stereocenters. The Morgan fingerprint density at radius 3 is 1.92 bits per heavy atom. The molecular weight excluding hydrogens is 369 g/mol. The van der Waals surface area contributed by atoms with Gasteiger partial charge in [0.2, 0.25) is 0 Å². The molecule has 1 aliphatic rings. The van der Waals surface area contributed by atoms with Crippen molar-refractivity contribution in [1.29, 1.82) is 0 Å². The van der Waals surface area contributed by atoms with Crippen LogP contribution >= 0.6 is 23.2 Å². The van der Waals surface area contributed by atoms with Crippen LogP contribution in [-0.4, -0.2) is 4.98 Å². The average Bonchev–Trinajstić information content (AvgIpc) is 3.15. The molecule has 2 aromatic carbocycles. The van der Waals surface area contributed by atoms with Gasteiger partial charge in [-0.15, -0.1) is 0 Å². The van der Waals surface area contributed by atoms with Crippen molar-refractivity contribution in [3.05, 3.63) is 88.2 Å². The first-order valence-electron chi connectivity index (χ1n) is 8.22. The Kier molecular flexibility index (Phi) is 4.87. The normalized spacial score (nSPS) is 18.8. The summed E-state index contributed by atoms with van der Waals surface area (Å²) in [7, 11) is 0. The van der Waals surface area contributed by atoms with Gasteiger partial charge in [-0.2, -0.15) is 10.2 Å². The first kappa shape index (κ1) is 17.0. The first-order chi connectivity index (χ1) is 12.7. The van der Waals surface area contributed by atoms with Crippen molar-refractivity contribution in [3.8, 4) is 11.5 Å². The second kappa shape index (κ2) is 7.44. The van der Waals surface area contributed by atoms with Crippen molar-refractivity contribution in [3.63, 3.8) is 0 Å². The highest BCUT2D eigenvalue weighted by Crippen LogP contribution is 2.39. The zero-order valence-corrected chi connectivity index (χ0v) is 15.2. The van der Waals surface area contributed by atoms with Crippen molar-refractivity contribution >= 4 is 23.2 Å². The van der Waals surface area contributed by atoms with Crippen molar-refractivity contribution in [2.45, 2.75) is 18.5 Å². The van der Waals surface area contributed by atoms with E-state index in [2.05, 4.69) is 15.2 Å². The highest BCUT2D eigenvalue weighted by molar-refractivity contribution is 6.30. The maximum atomic E-state index is 5.89. The molecular formula is C20H15Cl2N3O. The third-order valence-corrected chi connectivity index (χ3v) is 4.72. The summed E-state index contributed by atoms with van der Waals surface area (Å²) < 4.78 is 5.82. The summed E-state index contributed by atoms with van der Waals surface area (Å²) in [5.74, 6) is 1.52. The number of hydrogen-bond donors (Lipinski definition) is 0. The Hall–Kier alpha value is -2.43. The zero-order chi connectivity index (χ0) is 17.9. The average molecular weight is 384 g/mol. The Morgan fingerprint density at radius 1 is 0.731 bits per heavy atom. The number of hydrogen-bond acceptors (Lipinski definition) is 4. The van der Waals surface area contributed by atoms with Gasteiger partial charge in [0.15, 0.2) is 0 Å². The molecule has 2 unspecified atom stereocenters. The van der Waals surface area contributed by atoms with E-state index in [4.69, 9.17) is 27.9 Å². The van der Waals surface area contributed by atoms with Crippen LogP contribution in [0.1, 0.15) is 29.6 Å². The maximum Gasteiger partial charge on any atom is 0.129 e. The molecule has 0 saturated carbocycles. The summed E-state index contributed by atoms with van der Waals surface area (Å²) in [4.78, 5) is 4.12. The molecule has 0 aliphatic carbocycles. The van der Waals surface area contributed by atoms with Gasteiger partial charge in [0.25, 0.3) is 0 Å². The number of halogens is 2. The van der Waals surface area contributed by atoms with E-state index >= 15 is 0 Å². The van der Waals surface area contributed by atoms with Gasteiger partial charge in [-0.3, -0.25) is 0 Å². The lowest BCUT2D eigenvalue weighted by atomic mass is 9.98. The summed E-state index contributed by atoms with van der Waals surface area (Å²) in [5.41, 5.74) is 2.14. The number of nitrogens with zero attached hydrogens (tertiary/aromatic N) is 3. The Bertz CT molecular complexity index is 909. The number of pyridine rings is 1. The third-order valence-electron chi connectivity index (χ3n) is 4.24. The number of rotatable bonds is 4. The van der Waals surface area contributed by atoms with Crippen LogP contribution in [-0.2, 0) is 0 Å². The fourth-order valence-corrected chi connectivity index (χ4v) is 3.09. The highest BCUT2D eigenvalue weighted by atomic mass is 35.5. The van der Waals surface area contributed by atoms with Crippen LogP contribution in [0, 0.1) is 0 Å². The smallest absolute Gasteiger partial charge is 0.129 e. The lowest BCUT2D eigenvalue weighted by Crippen LogP contribution is -1.97. The van der Waals surface area contributed by atoms with E-state index in [0.29, 0.717) is 10.2 Å². The monoisotopic (exact) mass is 383 g/mol. The second-order valence-electron chi connectivity index (χ2n) is 6.04. The van der Waals surface area contributed by atoms with Gasteiger partial charge < -0.3 is 4.74 Å². The van der Waals surface area contributed by atoms with Gasteiger partial charge >= 0.3 is 0 Å². The minimum absolute atomic E-state index is 0.0229. The zero-order valence-electron chi connectivity index (χ0n) is 13.7. The van der Waals surface area contributed by atoms with E-state index in [0.717, 1.165) is 29.0 Å². The van der Waals surface area contributed by atoms with Crippen molar-refractivity contribution < 1.29 is 4.74 Å². The van der Waals surface area contributed by atoms with Crippen molar-refractivity contribution in [1.82, 2.24) is 4.98 Å². The SMILES string of the molecule is Clc1ccc(Oc2ccc(C3CC(c4ccc(Cl)nc4)N=N3)cc2)cc1. The van der Waals surface area contributed by atoms with Gasteiger partial charge in [-0.25, -0.2) is 4.98 Å². The summed E-state index contributed by atoms with van der Waals surface area (Å²) in [6.07, 6.45) is 2.58. The van der Waals surface area contributed by atoms with Crippen molar-refractivity contribution in [2.24, 2.45) is 10.2 Å². The van der Waals surface area contributed by atoms with E-state index in [1.165, 1.54) is 0 Å². The van der Waals surface area contributed by atoms with Gasteiger partial charge in [0, 0.05) is 17.6 Å². The molecule has 3 aromatic rings. The molecule has 4 nitrogen and oxygen atoms in total. The second-order valence-corrected chi connectivity index (χ2v) is 6.86. The van der Waals surface area contributed by atoms with Gasteiger partial charge in [0.05, 0.1) is 12.1 Å². The molecule has 0 amide bonds. The van der Waals surface area contributed by atoms with E-state index in [1.807, 2.05) is 42.5 Å². The van der Waals surface area contributed by atoms with Gasteiger partial charge in [-0.1, -0.05) is 41.4 Å². The minimum Gasteiger partial charge on any atom is -0.457 e. The molecule has 2 heterocycles. The summed E-state index contributed by atoms with van der Waals surface area (Å²) in [6.45, 7) is 0. The summed E-state index contributed by atoms with van der Waals surface area (Å²) in [6, 6.07) is 19.0. The number of azo groups is 1. The highest BCUT2D eigenvalue weighted by Gasteiger charge is 2.25. The van der Waals surface area contributed by atoms with Crippen LogP contribution in [0.5, 0.6) is 11.5 Å². The molecule has 4 rings (SSSR count). The first-order valence-corrected chi connectivity index (χ1v) is 8.98. The van der Waals surface area contributed by atoms with Crippen LogP contribution in [0.15, 0.2) is 77.1 Å². The lowest BCUT2D eigenvalue weighted by Gasteiger charge is -2.10. The van der Waals surface area contributed by atoms with Crippen LogP contribution in [0.2, 0.25) is 10.2 Å². The lowest BCUT2D eigenvalue weighted by molar-refractivity contribution is 0.482. The van der Waals surface area contributed by atoms with Gasteiger partial charge in [0.1, 0.15) is 16.7 Å². The van der Waals surface area contributed by atoms with Gasteiger partial charge in [-0.05, 0) is 53.6 Å². The van der Waals surface area contributed by atoms with Crippen LogP contribution in [0.25, 0.3) is 0 Å². The Labute approximate surface area is 161 Å². The molecule has 130 valence electrons. The largest absolute Gasteiger partial charge is 0.457 e. The molecule has 0 N–H and O–H groups in total. The van der Waals surface area contributed by atoms with E-state index in [-0.39, 0.29) is 12.1 Å². The molecule has 0 saturated heterocycles. The third kappa shape index (κ3) is 3.87. The predicted molar refractivity (Wildman–Crippen MR) is 102 cm³/mol. The maximum absolute atomic E-state index is 5.89. The topological polar surface area (TPSA) is 46.8 Å². The van der Waals surface area contributed by atoms with Crippen LogP contribution in [0.3, 0.4) is 0 Å². The summed E-state index contributed by atoms with van der Waals surface area (Å²) in [5, 5.41) is 9.98. The van der Waals surface area contributed by atoms with Crippen LogP contribution < -0.4 is 4.74 Å². The van der Waals surface area contributed by atoms with E-state index < -0.39 is 0 Å². The number of benzene rings is 2. The molecule has 0 spiro atoms. The molecule has 26 heavy (non-hydrogen) atoms. The fraction of sp³-hybridized carbons (Fsp3) is 0.150. The molecule has 0 bridgehead atoms. The molecule has 6 heteroatoms. The van der Waals surface area contributed by atoms with Crippen LogP contribution in [0.4, 0.5) is 0 Å². The quantitative estimate of drug-likeness (QED) is 0.464. The fourth-order valence-electron chi connectivity index (χ4n) is 2.85. The standard InChI is InChI=1S/C20H15Cl2N3O/c21-15-4-8-17(9-5-15)26-16-6-1-13(2-7-16)18-11-19(25-24-18)14-3-10-20(22)23-12-14/h1-10,12,18-19H,11H2. The number of aromatic nitrogens is 1. The Balaban J connectivity index is 1.42. The molecule has 1 aromatic heterocycles.